The van der Waals surface area contributed by atoms with E-state index in [-0.39, 0.29) is 39.3 Å². The quantitative estimate of drug-likeness (QED) is 0.355. The molecular weight excluding hydrogens is 176 g/mol. The summed E-state index contributed by atoms with van der Waals surface area (Å²) in [5.41, 5.74) is 0. The van der Waals surface area contributed by atoms with Crippen molar-refractivity contribution in [2.45, 2.75) is 0 Å². The molecule has 0 saturated carbocycles. The molecule has 3 heteroatoms. The van der Waals surface area contributed by atoms with Gasteiger partial charge in [0, 0.05) is 32.7 Å². The molecule has 3 radical (unpaired) electrons. The first-order valence-corrected chi connectivity index (χ1v) is 1.87. The van der Waals surface area contributed by atoms with Crippen molar-refractivity contribution in [2.75, 3.05) is 6.61 Å². The van der Waals surface area contributed by atoms with Crippen LogP contribution in [0.1, 0.15) is 0 Å². The average molecular weight is 181 g/mol. The summed E-state index contributed by atoms with van der Waals surface area (Å²) in [4.78, 5) is 0. The van der Waals surface area contributed by atoms with E-state index in [4.69, 9.17) is 13.0 Å². The first-order valence-electron chi connectivity index (χ1n) is 1.87. The number of rotatable bonds is 2. The minimum Gasteiger partial charge on any atom is -0.420 e. The second-order valence-corrected chi connectivity index (χ2v) is 0.862. The Hall–Kier alpha value is 0.609. The van der Waals surface area contributed by atoms with E-state index in [0.29, 0.717) is 0 Å². The monoisotopic (exact) mass is 181 g/mol. The summed E-state index contributed by atoms with van der Waals surface area (Å²) in [7, 11) is 4.81. The number of aliphatic hydroxyl groups is 1. The Morgan fingerprint density at radius 3 is 2.50 bits per heavy atom. The van der Waals surface area contributed by atoms with Crippen LogP contribution in [0.25, 0.3) is 0 Å². The molecule has 0 aromatic heterocycles. The number of hydrogen-bond donors (Lipinski definition) is 1. The Morgan fingerprint density at radius 2 is 2.12 bits per heavy atom. The maximum absolute atomic E-state index is 8.06. The molecule has 0 spiro atoms. The van der Waals surface area contributed by atoms with E-state index in [0.717, 1.165) is 0 Å². The number of aliphatic hydroxyl groups excluding tert-OH is 1. The van der Waals surface area contributed by atoms with Crippen LogP contribution in [0.4, 0.5) is 0 Å². The summed E-state index contributed by atoms with van der Waals surface area (Å²) in [6, 6.07) is 0. The fraction of sp³-hybridized carbons (Fsp3) is 0.200. The van der Waals surface area contributed by atoms with E-state index in [1.807, 2.05) is 0 Å². The van der Waals surface area contributed by atoms with Gasteiger partial charge in [-0.15, -0.1) is 0 Å². The van der Waals surface area contributed by atoms with Gasteiger partial charge in [-0.05, 0) is 6.61 Å². The van der Waals surface area contributed by atoms with Gasteiger partial charge in [0.15, 0.2) is 0 Å². The fourth-order valence-corrected chi connectivity index (χ4v) is 0.160. The summed E-state index contributed by atoms with van der Waals surface area (Å²) in [5.74, 6) is 2.25. The zero-order valence-corrected chi connectivity index (χ0v) is 7.30. The number of hydrogen-bond acceptors (Lipinski definition) is 1. The van der Waals surface area contributed by atoms with Gasteiger partial charge in [-0.2, -0.15) is 0 Å². The van der Waals surface area contributed by atoms with Crippen LogP contribution in [0, 0.1) is 12.1 Å². The Labute approximate surface area is 76.1 Å². The molecule has 8 heavy (non-hydrogen) atoms. The molecule has 0 atom stereocenters. The molecular formula is C5H5BOY-2. The van der Waals surface area contributed by atoms with Crippen LogP contribution >= 0.6 is 0 Å². The second kappa shape index (κ2) is 10.6. The molecule has 0 aliphatic rings. The predicted molar refractivity (Wildman–Crippen MR) is 28.5 cm³/mol. The van der Waals surface area contributed by atoms with Crippen molar-refractivity contribution in [2.24, 2.45) is 0 Å². The van der Waals surface area contributed by atoms with Gasteiger partial charge >= 0.3 is 0 Å². The molecule has 0 bridgehead atoms. The van der Waals surface area contributed by atoms with Gasteiger partial charge in [-0.25, -0.2) is 0 Å². The summed E-state index contributed by atoms with van der Waals surface area (Å²) in [6.45, 7) is -0.0713. The molecule has 1 N–H and O–H groups in total. The van der Waals surface area contributed by atoms with Crippen molar-refractivity contribution in [3.8, 4) is 0 Å². The smallest absolute Gasteiger partial charge is 0 e. The Bertz CT molecular complexity index is 80.5. The molecule has 1 nitrogen and oxygen atoms in total. The molecule has 0 rings (SSSR count). The predicted octanol–water partition coefficient (Wildman–Crippen LogP) is -0.179. The van der Waals surface area contributed by atoms with Gasteiger partial charge < -0.3 is 29.3 Å². The maximum atomic E-state index is 8.06. The standard InChI is InChI=1S/C5H5BO.Y/c6-4-2-1-3-5-7;/h1-2,7H,5H2;/q-2;. The molecule has 0 amide bonds. The molecule has 0 aliphatic heterocycles. The van der Waals surface area contributed by atoms with Crippen molar-refractivity contribution in [3.63, 3.8) is 0 Å². The third-order valence-electron chi connectivity index (χ3n) is 0.389. The van der Waals surface area contributed by atoms with Crippen LogP contribution in [0.3, 0.4) is 0 Å². The first-order chi connectivity index (χ1) is 3.41. The minimum atomic E-state index is -0.0713. The Balaban J connectivity index is 0. The molecule has 0 fully saturated rings. The van der Waals surface area contributed by atoms with Crippen molar-refractivity contribution in [1.82, 2.24) is 0 Å². The Kier molecular flexibility index (Phi) is 15.1. The number of allylic oxidation sites excluding steroid dienone is 2. The first kappa shape index (κ1) is 11.4. The molecule has 0 aromatic carbocycles. The van der Waals surface area contributed by atoms with Crippen LogP contribution in [-0.4, -0.2) is 19.6 Å². The summed E-state index contributed by atoms with van der Waals surface area (Å²) < 4.78 is 0. The zero-order valence-electron chi connectivity index (χ0n) is 4.46. The molecule has 0 aliphatic carbocycles. The van der Waals surface area contributed by atoms with E-state index < -0.39 is 0 Å². The maximum Gasteiger partial charge on any atom is 0 e. The molecule has 0 aromatic rings. The van der Waals surface area contributed by atoms with E-state index >= 15 is 0 Å². The zero-order chi connectivity index (χ0) is 5.54. The third kappa shape index (κ3) is 9.79. The molecule has 39 valence electrons. The minimum absolute atomic E-state index is 0. The third-order valence-corrected chi connectivity index (χ3v) is 0.389. The van der Waals surface area contributed by atoms with Crippen molar-refractivity contribution in [3.05, 3.63) is 24.2 Å². The van der Waals surface area contributed by atoms with E-state index in [2.05, 4.69) is 12.1 Å². The van der Waals surface area contributed by atoms with Crippen LogP contribution in [-0.2, 0) is 32.7 Å². The van der Waals surface area contributed by atoms with E-state index in [1.54, 1.807) is 0 Å². The van der Waals surface area contributed by atoms with Gasteiger partial charge in [0.05, 0.1) is 0 Å². The fourth-order valence-electron chi connectivity index (χ4n) is 0.160. The van der Waals surface area contributed by atoms with Crippen LogP contribution in [0.2, 0.25) is 0 Å². The van der Waals surface area contributed by atoms with Gasteiger partial charge in [-0.1, -0.05) is 7.85 Å². The average Bonchev–Trinajstić information content (AvgIpc) is 1.69. The molecule has 0 unspecified atom stereocenters. The van der Waals surface area contributed by atoms with Crippen molar-refractivity contribution >= 4 is 7.85 Å². The van der Waals surface area contributed by atoms with Gasteiger partial charge in [0.1, 0.15) is 0 Å². The normalized spacial score (nSPS) is 10.1. The van der Waals surface area contributed by atoms with Crippen LogP contribution < -0.4 is 0 Å². The largest absolute Gasteiger partial charge is 0.420 e. The molecule has 0 heterocycles. The van der Waals surface area contributed by atoms with Crippen molar-refractivity contribution in [1.29, 1.82) is 0 Å². The van der Waals surface area contributed by atoms with E-state index in [9.17, 15) is 0 Å². The van der Waals surface area contributed by atoms with Gasteiger partial charge in [0.2, 0.25) is 0 Å². The SMILES string of the molecule is [B][C-]=CC=[C-]CO.[Y]. The van der Waals surface area contributed by atoms with Crippen LogP contribution in [0.5, 0.6) is 0 Å². The van der Waals surface area contributed by atoms with Crippen LogP contribution in [0.15, 0.2) is 12.2 Å². The summed E-state index contributed by atoms with van der Waals surface area (Å²) in [6.07, 6.45) is 5.45. The van der Waals surface area contributed by atoms with Gasteiger partial charge in [-0.3, -0.25) is 0 Å². The van der Waals surface area contributed by atoms with Crippen molar-refractivity contribution < 1.29 is 37.8 Å². The summed E-state index contributed by atoms with van der Waals surface area (Å²) in [5, 5.41) is 8.06. The van der Waals surface area contributed by atoms with E-state index in [1.165, 1.54) is 12.2 Å². The topological polar surface area (TPSA) is 20.2 Å². The van der Waals surface area contributed by atoms with Gasteiger partial charge in [0.25, 0.3) is 0 Å². The summed E-state index contributed by atoms with van der Waals surface area (Å²) >= 11 is 0. The second-order valence-electron chi connectivity index (χ2n) is 0.862. The Morgan fingerprint density at radius 1 is 1.50 bits per heavy atom. The molecule has 0 saturated heterocycles.